The summed E-state index contributed by atoms with van der Waals surface area (Å²) in [6, 6.07) is 3.39. The van der Waals surface area contributed by atoms with Crippen molar-refractivity contribution in [1.29, 1.82) is 0 Å². The highest BCUT2D eigenvalue weighted by Gasteiger charge is 2.41. The number of rotatable bonds is 7. The van der Waals surface area contributed by atoms with Gasteiger partial charge in [-0.2, -0.15) is 8.42 Å². The zero-order valence-corrected chi connectivity index (χ0v) is 18.9. The van der Waals surface area contributed by atoms with Crippen molar-refractivity contribution in [3.05, 3.63) is 29.3 Å². The molecule has 6 atom stereocenters. The molecule has 1 aromatic rings. The summed E-state index contributed by atoms with van der Waals surface area (Å²) in [7, 11) is -4.61. The molecule has 0 saturated heterocycles. The maximum Gasteiger partial charge on any atom is 0.338 e. The second-order valence-corrected chi connectivity index (χ2v) is 11.7. The minimum Gasteiger partial charge on any atom is -0.462 e. The Bertz CT molecular complexity index is 955. The van der Waals surface area contributed by atoms with Crippen LogP contribution < -0.4 is 0 Å². The Morgan fingerprint density at radius 3 is 1.59 bits per heavy atom. The zero-order chi connectivity index (χ0) is 22.5. The van der Waals surface area contributed by atoms with Gasteiger partial charge in [0.2, 0.25) is 0 Å². The van der Waals surface area contributed by atoms with Crippen LogP contribution in [0.4, 0.5) is 0 Å². The lowest BCUT2D eigenvalue weighted by Gasteiger charge is -2.21. The van der Waals surface area contributed by atoms with Crippen LogP contribution in [-0.2, 0) is 19.6 Å². The Kier molecular flexibility index (Phi) is 5.78. The molecule has 0 heterocycles. The number of carbonyl (C=O) groups is 2. The van der Waals surface area contributed by atoms with E-state index in [1.165, 1.54) is 44.6 Å². The van der Waals surface area contributed by atoms with Gasteiger partial charge in [-0.1, -0.05) is 12.8 Å². The molecule has 4 fully saturated rings. The van der Waals surface area contributed by atoms with Crippen molar-refractivity contribution in [3.63, 3.8) is 0 Å². The third-order valence-corrected chi connectivity index (χ3v) is 9.13. The van der Waals surface area contributed by atoms with E-state index < -0.39 is 27.0 Å². The Morgan fingerprint density at radius 2 is 1.25 bits per heavy atom. The van der Waals surface area contributed by atoms with Crippen LogP contribution in [0.5, 0.6) is 0 Å². The first-order valence-electron chi connectivity index (χ1n) is 11.7. The molecule has 0 amide bonds. The van der Waals surface area contributed by atoms with E-state index in [1.54, 1.807) is 0 Å². The van der Waals surface area contributed by atoms with Crippen molar-refractivity contribution in [2.75, 3.05) is 13.2 Å². The number of carbonyl (C=O) groups excluding carboxylic acids is 2. The normalized spacial score (nSPS) is 32.9. The lowest BCUT2D eigenvalue weighted by molar-refractivity contribution is 0.0391. The van der Waals surface area contributed by atoms with Crippen LogP contribution in [0.1, 0.15) is 72.1 Å². The van der Waals surface area contributed by atoms with Gasteiger partial charge in [0.05, 0.1) is 29.2 Å². The van der Waals surface area contributed by atoms with Crippen LogP contribution in [0.3, 0.4) is 0 Å². The third-order valence-electron chi connectivity index (χ3n) is 8.30. The fraction of sp³-hybridized carbons (Fsp3) is 0.667. The summed E-state index contributed by atoms with van der Waals surface area (Å²) in [5.74, 6) is 1.93. The fourth-order valence-corrected chi connectivity index (χ4v) is 7.23. The predicted octanol–water partition coefficient (Wildman–Crippen LogP) is 4.12. The molecule has 0 aromatic heterocycles. The number of hydrogen-bond acceptors (Lipinski definition) is 6. The smallest absolute Gasteiger partial charge is 0.338 e. The molecule has 32 heavy (non-hydrogen) atoms. The summed E-state index contributed by atoms with van der Waals surface area (Å²) in [6.45, 7) is 0.584. The molecule has 1 N–H and O–H groups in total. The second kappa shape index (κ2) is 8.45. The average molecular weight is 463 g/mol. The molecule has 4 bridgehead atoms. The maximum absolute atomic E-state index is 12.7. The topological polar surface area (TPSA) is 107 Å². The summed E-state index contributed by atoms with van der Waals surface area (Å²) in [5.41, 5.74) is -0.148. The van der Waals surface area contributed by atoms with Crippen LogP contribution in [0, 0.1) is 35.5 Å². The molecule has 4 aliphatic carbocycles. The largest absolute Gasteiger partial charge is 0.462 e. The van der Waals surface area contributed by atoms with Gasteiger partial charge >= 0.3 is 11.9 Å². The first-order valence-corrected chi connectivity index (χ1v) is 13.2. The van der Waals surface area contributed by atoms with Crippen LogP contribution in [0.2, 0.25) is 0 Å². The van der Waals surface area contributed by atoms with Crippen LogP contribution in [0.15, 0.2) is 23.1 Å². The van der Waals surface area contributed by atoms with Crippen molar-refractivity contribution in [3.8, 4) is 0 Å². The minimum absolute atomic E-state index is 0.0739. The van der Waals surface area contributed by atoms with E-state index >= 15 is 0 Å². The highest BCUT2D eigenvalue weighted by atomic mass is 32.2. The van der Waals surface area contributed by atoms with Gasteiger partial charge in [0.1, 0.15) is 0 Å². The quantitative estimate of drug-likeness (QED) is 0.480. The standard InChI is InChI=1S/C24H30O7S/c25-23(30-12-20-7-14-1-3-16(20)5-14)18-9-19(11-22(10-18)32(27,28)29)24(26)31-13-21-8-15-2-4-17(21)6-15/h9-11,14-17,20-21H,1-8,12-13H2,(H,27,28,29). The molecule has 174 valence electrons. The second-order valence-electron chi connectivity index (χ2n) is 10.3. The molecule has 4 saturated carbocycles. The number of fused-ring (bicyclic) bond motifs is 4. The number of benzene rings is 1. The van der Waals surface area contributed by atoms with Crippen molar-refractivity contribution in [2.45, 2.75) is 56.3 Å². The Hall–Kier alpha value is -1.93. The Labute approximate surface area is 188 Å². The van der Waals surface area contributed by atoms with Crippen LogP contribution in [-0.4, -0.2) is 38.1 Å². The SMILES string of the molecule is O=C(OCC1CC2CCC1C2)c1cc(C(=O)OCC2CC3CCC2C3)cc(S(=O)(=O)O)c1. The lowest BCUT2D eigenvalue weighted by atomic mass is 9.89. The third kappa shape index (κ3) is 4.44. The fourth-order valence-electron chi connectivity index (χ4n) is 6.68. The molecule has 7 nitrogen and oxygen atoms in total. The highest BCUT2D eigenvalue weighted by Crippen LogP contribution is 2.49. The zero-order valence-electron chi connectivity index (χ0n) is 18.1. The van der Waals surface area contributed by atoms with E-state index in [0.717, 1.165) is 36.8 Å². The van der Waals surface area contributed by atoms with Gasteiger partial charge in [-0.15, -0.1) is 0 Å². The van der Waals surface area contributed by atoms with Crippen molar-refractivity contribution in [2.24, 2.45) is 35.5 Å². The maximum atomic E-state index is 12.7. The predicted molar refractivity (Wildman–Crippen MR) is 115 cm³/mol. The molecule has 0 radical (unpaired) electrons. The lowest BCUT2D eigenvalue weighted by Crippen LogP contribution is -2.21. The van der Waals surface area contributed by atoms with Gasteiger partial charge in [0.15, 0.2) is 0 Å². The molecule has 8 heteroatoms. The van der Waals surface area contributed by atoms with Gasteiger partial charge < -0.3 is 9.47 Å². The monoisotopic (exact) mass is 462 g/mol. The van der Waals surface area contributed by atoms with E-state index in [0.29, 0.717) is 36.9 Å². The Morgan fingerprint density at radius 1 is 0.781 bits per heavy atom. The van der Waals surface area contributed by atoms with Crippen LogP contribution in [0.25, 0.3) is 0 Å². The molecular weight excluding hydrogens is 432 g/mol. The molecule has 1 aromatic carbocycles. The van der Waals surface area contributed by atoms with E-state index in [-0.39, 0.29) is 11.1 Å². The average Bonchev–Trinajstić information content (AvgIpc) is 3.56. The van der Waals surface area contributed by atoms with Crippen molar-refractivity contribution >= 4 is 22.1 Å². The molecule has 4 aliphatic rings. The molecule has 6 unspecified atom stereocenters. The van der Waals surface area contributed by atoms with Gasteiger partial charge in [0, 0.05) is 0 Å². The van der Waals surface area contributed by atoms with Crippen molar-refractivity contribution < 1.29 is 32.0 Å². The molecule has 0 spiro atoms. The summed E-state index contributed by atoms with van der Waals surface area (Å²) in [6.07, 6.45) is 9.34. The summed E-state index contributed by atoms with van der Waals surface area (Å²) < 4.78 is 43.9. The van der Waals surface area contributed by atoms with Crippen LogP contribution >= 0.6 is 0 Å². The summed E-state index contributed by atoms with van der Waals surface area (Å²) in [4.78, 5) is 24.8. The summed E-state index contributed by atoms with van der Waals surface area (Å²) >= 11 is 0. The molecule has 5 rings (SSSR count). The van der Waals surface area contributed by atoms with E-state index in [9.17, 15) is 22.6 Å². The number of ether oxygens (including phenoxy) is 2. The highest BCUT2D eigenvalue weighted by molar-refractivity contribution is 7.85. The Balaban J connectivity index is 1.27. The number of esters is 2. The molecular formula is C24H30O7S. The van der Waals surface area contributed by atoms with Gasteiger partial charge in [-0.3, -0.25) is 4.55 Å². The summed E-state index contributed by atoms with van der Waals surface area (Å²) in [5, 5.41) is 0. The van der Waals surface area contributed by atoms with E-state index in [1.807, 2.05) is 0 Å². The first-order chi connectivity index (χ1) is 15.3. The first kappa shape index (κ1) is 21.9. The number of hydrogen-bond donors (Lipinski definition) is 1. The minimum atomic E-state index is -4.61. The van der Waals surface area contributed by atoms with Crippen molar-refractivity contribution in [1.82, 2.24) is 0 Å². The molecule has 0 aliphatic heterocycles. The van der Waals surface area contributed by atoms with Gasteiger partial charge in [0.25, 0.3) is 10.1 Å². The van der Waals surface area contributed by atoms with Gasteiger partial charge in [-0.05, 0) is 92.2 Å². The van der Waals surface area contributed by atoms with Gasteiger partial charge in [-0.25, -0.2) is 9.59 Å². The van der Waals surface area contributed by atoms with E-state index in [4.69, 9.17) is 9.47 Å². The van der Waals surface area contributed by atoms with E-state index in [2.05, 4.69) is 0 Å².